The molecule has 2 fully saturated rings. The summed E-state index contributed by atoms with van der Waals surface area (Å²) in [4.78, 5) is 1.91. The lowest BCUT2D eigenvalue weighted by Crippen LogP contribution is -2.47. The molecular formula is C17H20FN3S. The number of fused-ring (bicyclic) bond motifs is 2. The summed E-state index contributed by atoms with van der Waals surface area (Å²) in [6.45, 7) is 0.523. The van der Waals surface area contributed by atoms with E-state index in [4.69, 9.17) is 17.5 Å². The van der Waals surface area contributed by atoms with Gasteiger partial charge in [-0.1, -0.05) is 6.42 Å². The summed E-state index contributed by atoms with van der Waals surface area (Å²) in [5.74, 6) is 1.31. The maximum absolute atomic E-state index is 13.1. The molecule has 22 heavy (non-hydrogen) atoms. The predicted molar refractivity (Wildman–Crippen MR) is 88.9 cm³/mol. The van der Waals surface area contributed by atoms with Crippen LogP contribution in [0.2, 0.25) is 0 Å². The highest BCUT2D eigenvalue weighted by Crippen LogP contribution is 2.44. The molecule has 0 aliphatic heterocycles. The average molecular weight is 317 g/mol. The number of rotatable bonds is 4. The van der Waals surface area contributed by atoms with Crippen LogP contribution in [0.15, 0.2) is 24.3 Å². The molecule has 0 unspecified atom stereocenters. The molecule has 0 amide bonds. The maximum atomic E-state index is 13.1. The summed E-state index contributed by atoms with van der Waals surface area (Å²) in [6.07, 6.45) is 5.54. The maximum Gasteiger partial charge on any atom is 0.173 e. The number of hydrogen-bond donors (Lipinski definition) is 1. The van der Waals surface area contributed by atoms with Gasteiger partial charge in [0.1, 0.15) is 5.82 Å². The molecule has 2 aliphatic carbocycles. The van der Waals surface area contributed by atoms with Gasteiger partial charge in [0.25, 0.3) is 0 Å². The van der Waals surface area contributed by atoms with Crippen molar-refractivity contribution in [1.29, 1.82) is 5.26 Å². The number of hydrogen-bond acceptors (Lipinski definition) is 2. The van der Waals surface area contributed by atoms with Gasteiger partial charge in [0.05, 0.1) is 12.5 Å². The Hall–Kier alpha value is -1.67. The van der Waals surface area contributed by atoms with Gasteiger partial charge in [-0.2, -0.15) is 5.26 Å². The lowest BCUT2D eigenvalue weighted by molar-refractivity contribution is 0.390. The van der Waals surface area contributed by atoms with Gasteiger partial charge in [-0.3, -0.25) is 0 Å². The third kappa shape index (κ3) is 3.22. The third-order valence-corrected chi connectivity index (χ3v) is 5.22. The summed E-state index contributed by atoms with van der Waals surface area (Å²) in [5, 5.41) is 13.0. The Bertz CT molecular complexity index is 581. The van der Waals surface area contributed by atoms with Gasteiger partial charge in [-0.25, -0.2) is 4.39 Å². The van der Waals surface area contributed by atoms with Crippen molar-refractivity contribution in [2.75, 3.05) is 11.4 Å². The summed E-state index contributed by atoms with van der Waals surface area (Å²) in [7, 11) is 0. The van der Waals surface area contributed by atoms with Crippen LogP contribution in [0.4, 0.5) is 10.1 Å². The second-order valence-corrected chi connectivity index (χ2v) is 6.65. The van der Waals surface area contributed by atoms with E-state index in [1.807, 2.05) is 4.90 Å². The van der Waals surface area contributed by atoms with Crippen molar-refractivity contribution in [1.82, 2.24) is 5.32 Å². The zero-order valence-corrected chi connectivity index (χ0v) is 13.3. The predicted octanol–water partition coefficient (Wildman–Crippen LogP) is 3.61. The number of benzene rings is 1. The molecule has 0 aromatic heterocycles. The molecule has 0 saturated heterocycles. The van der Waals surface area contributed by atoms with Crippen LogP contribution in [-0.2, 0) is 0 Å². The van der Waals surface area contributed by atoms with Gasteiger partial charge >= 0.3 is 0 Å². The zero-order chi connectivity index (χ0) is 15.5. The molecule has 3 atom stereocenters. The van der Waals surface area contributed by atoms with Crippen molar-refractivity contribution in [2.24, 2.45) is 11.8 Å². The van der Waals surface area contributed by atoms with E-state index in [2.05, 4.69) is 11.4 Å². The molecule has 0 radical (unpaired) electrons. The highest BCUT2D eigenvalue weighted by Gasteiger charge is 2.40. The van der Waals surface area contributed by atoms with E-state index in [-0.39, 0.29) is 5.82 Å². The minimum Gasteiger partial charge on any atom is -0.359 e. The molecule has 2 saturated carbocycles. The molecule has 5 heteroatoms. The summed E-state index contributed by atoms with van der Waals surface area (Å²) in [5.41, 5.74) is 0.831. The van der Waals surface area contributed by atoms with Gasteiger partial charge in [-0.05, 0) is 67.6 Å². The van der Waals surface area contributed by atoms with Gasteiger partial charge in [0.2, 0.25) is 0 Å². The molecule has 1 N–H and O–H groups in total. The lowest BCUT2D eigenvalue weighted by Gasteiger charge is -2.30. The highest BCUT2D eigenvalue weighted by molar-refractivity contribution is 7.80. The first kappa shape index (κ1) is 15.2. The summed E-state index contributed by atoms with van der Waals surface area (Å²) in [6, 6.07) is 8.88. The summed E-state index contributed by atoms with van der Waals surface area (Å²) < 4.78 is 13.1. The second-order valence-electron chi connectivity index (χ2n) is 6.27. The minimum atomic E-state index is -0.268. The molecule has 1 aromatic carbocycles. The Morgan fingerprint density at radius 1 is 1.32 bits per heavy atom. The van der Waals surface area contributed by atoms with Crippen LogP contribution in [0.1, 0.15) is 32.1 Å². The average Bonchev–Trinajstić information content (AvgIpc) is 3.12. The van der Waals surface area contributed by atoms with Gasteiger partial charge in [-0.15, -0.1) is 0 Å². The van der Waals surface area contributed by atoms with Crippen molar-refractivity contribution in [3.8, 4) is 6.07 Å². The first-order valence-electron chi connectivity index (χ1n) is 7.88. The van der Waals surface area contributed by atoms with E-state index in [9.17, 15) is 4.39 Å². The Morgan fingerprint density at radius 2 is 2.09 bits per heavy atom. The van der Waals surface area contributed by atoms with E-state index < -0.39 is 0 Å². The number of nitrogens with zero attached hydrogens (tertiary/aromatic N) is 2. The SMILES string of the molecule is N#CCCN(C(=S)N[C@H]1C[C@H]2CC[C@@H]1C2)c1ccc(F)cc1. The smallest absolute Gasteiger partial charge is 0.173 e. The number of anilines is 1. The molecule has 3 nitrogen and oxygen atoms in total. The number of thiocarbonyl (C=S) groups is 1. The highest BCUT2D eigenvalue weighted by atomic mass is 32.1. The third-order valence-electron chi connectivity index (χ3n) is 4.88. The standard InChI is InChI=1S/C17H20FN3S/c18-14-4-6-15(7-5-14)21(9-1-8-19)17(22)20-16-11-12-2-3-13(16)10-12/h4-7,12-13,16H,1-3,9-11H2,(H,20,22)/t12-,13+,16-/m0/s1. The fourth-order valence-corrected chi connectivity index (χ4v) is 4.14. The molecule has 1 aromatic rings. The van der Waals surface area contributed by atoms with Gasteiger partial charge in [0, 0.05) is 18.3 Å². The molecular weight excluding hydrogens is 297 g/mol. The minimum absolute atomic E-state index is 0.268. The van der Waals surface area contributed by atoms with Gasteiger partial charge in [0.15, 0.2) is 5.11 Å². The van der Waals surface area contributed by atoms with Crippen LogP contribution in [0, 0.1) is 29.0 Å². The topological polar surface area (TPSA) is 39.1 Å². The van der Waals surface area contributed by atoms with Crippen molar-refractivity contribution in [2.45, 2.75) is 38.1 Å². The molecule has 2 bridgehead atoms. The first-order valence-corrected chi connectivity index (χ1v) is 8.28. The van der Waals surface area contributed by atoms with Crippen molar-refractivity contribution < 1.29 is 4.39 Å². The fourth-order valence-electron chi connectivity index (χ4n) is 3.79. The van der Waals surface area contributed by atoms with E-state index in [1.165, 1.54) is 37.8 Å². The molecule has 0 spiro atoms. The van der Waals surface area contributed by atoms with Crippen LogP contribution < -0.4 is 10.2 Å². The molecule has 3 rings (SSSR count). The van der Waals surface area contributed by atoms with Crippen LogP contribution >= 0.6 is 12.2 Å². The van der Waals surface area contributed by atoms with Crippen LogP contribution in [0.5, 0.6) is 0 Å². The lowest BCUT2D eigenvalue weighted by atomic mass is 9.95. The van der Waals surface area contributed by atoms with Crippen LogP contribution in [0.3, 0.4) is 0 Å². The molecule has 116 valence electrons. The first-order chi connectivity index (χ1) is 10.7. The number of nitrogens with one attached hydrogen (secondary N) is 1. The number of nitriles is 1. The largest absolute Gasteiger partial charge is 0.359 e. The van der Waals surface area contributed by atoms with Crippen LogP contribution in [-0.4, -0.2) is 17.7 Å². The quantitative estimate of drug-likeness (QED) is 0.861. The van der Waals surface area contributed by atoms with E-state index in [1.54, 1.807) is 12.1 Å². The fraction of sp³-hybridized carbons (Fsp3) is 0.529. The van der Waals surface area contributed by atoms with Crippen molar-refractivity contribution >= 4 is 23.0 Å². The Morgan fingerprint density at radius 3 is 2.68 bits per heavy atom. The zero-order valence-electron chi connectivity index (χ0n) is 12.5. The number of halogens is 1. The summed E-state index contributed by atoms with van der Waals surface area (Å²) >= 11 is 5.57. The normalized spacial score (nSPS) is 25.7. The molecule has 0 heterocycles. The Labute approximate surface area is 136 Å². The van der Waals surface area contributed by atoms with E-state index >= 15 is 0 Å². The van der Waals surface area contributed by atoms with Crippen LogP contribution in [0.25, 0.3) is 0 Å². The van der Waals surface area contributed by atoms with E-state index in [0.29, 0.717) is 24.1 Å². The van der Waals surface area contributed by atoms with Gasteiger partial charge < -0.3 is 10.2 Å². The Balaban J connectivity index is 1.69. The second kappa shape index (κ2) is 6.62. The van der Waals surface area contributed by atoms with Crippen molar-refractivity contribution in [3.05, 3.63) is 30.1 Å². The Kier molecular flexibility index (Phi) is 4.58. The van der Waals surface area contributed by atoms with E-state index in [0.717, 1.165) is 17.5 Å². The monoisotopic (exact) mass is 317 g/mol. The van der Waals surface area contributed by atoms with Crippen molar-refractivity contribution in [3.63, 3.8) is 0 Å². The molecule has 2 aliphatic rings.